The van der Waals surface area contributed by atoms with E-state index in [9.17, 15) is 0 Å². The molecule has 2 heteroatoms. The van der Waals surface area contributed by atoms with Gasteiger partial charge in [-0.1, -0.05) is 32.9 Å². The van der Waals surface area contributed by atoms with Gasteiger partial charge in [0.25, 0.3) is 0 Å². The Bertz CT molecular complexity index is 311. The van der Waals surface area contributed by atoms with Gasteiger partial charge in [0, 0.05) is 12.2 Å². The molecule has 0 aliphatic rings. The van der Waals surface area contributed by atoms with Crippen molar-refractivity contribution >= 4 is 17.4 Å². The Balaban J connectivity index is 2.36. The standard InChI is InChI=1S/C15H25NS/c1-15(2,3)13-7-9-14(10-8-13)16-11-5-6-12-17-4/h7-10,16H,5-6,11-12H2,1-4H3. The lowest BCUT2D eigenvalue weighted by Crippen LogP contribution is -2.11. The Morgan fingerprint density at radius 3 is 2.24 bits per heavy atom. The van der Waals surface area contributed by atoms with Gasteiger partial charge in [0.05, 0.1) is 0 Å². The minimum atomic E-state index is 0.247. The Kier molecular flexibility index (Phi) is 5.90. The maximum absolute atomic E-state index is 3.47. The summed E-state index contributed by atoms with van der Waals surface area (Å²) in [4.78, 5) is 0. The smallest absolute Gasteiger partial charge is 0.0340 e. The van der Waals surface area contributed by atoms with Crippen molar-refractivity contribution in [2.24, 2.45) is 0 Å². The second-order valence-corrected chi connectivity index (χ2v) is 6.44. The molecule has 0 bridgehead atoms. The molecule has 0 amide bonds. The second-order valence-electron chi connectivity index (χ2n) is 5.45. The number of benzene rings is 1. The number of rotatable bonds is 6. The lowest BCUT2D eigenvalue weighted by atomic mass is 9.87. The van der Waals surface area contributed by atoms with Crippen LogP contribution >= 0.6 is 11.8 Å². The Morgan fingerprint density at radius 1 is 1.06 bits per heavy atom. The van der Waals surface area contributed by atoms with Gasteiger partial charge in [-0.05, 0) is 48.0 Å². The number of nitrogens with one attached hydrogen (secondary N) is 1. The average molecular weight is 251 g/mol. The highest BCUT2D eigenvalue weighted by Gasteiger charge is 2.12. The first-order chi connectivity index (χ1) is 8.04. The molecule has 96 valence electrons. The third kappa shape index (κ3) is 5.49. The van der Waals surface area contributed by atoms with Crippen LogP contribution in [-0.4, -0.2) is 18.6 Å². The Hall–Kier alpha value is -0.630. The van der Waals surface area contributed by atoms with E-state index in [0.29, 0.717) is 0 Å². The largest absolute Gasteiger partial charge is 0.385 e. The van der Waals surface area contributed by atoms with E-state index >= 15 is 0 Å². The fraction of sp³-hybridized carbons (Fsp3) is 0.600. The van der Waals surface area contributed by atoms with Gasteiger partial charge in [-0.15, -0.1) is 0 Å². The fourth-order valence-corrected chi connectivity index (χ4v) is 2.19. The summed E-state index contributed by atoms with van der Waals surface area (Å²) >= 11 is 1.92. The topological polar surface area (TPSA) is 12.0 Å². The lowest BCUT2D eigenvalue weighted by molar-refractivity contribution is 0.590. The first-order valence-corrected chi connectivity index (χ1v) is 7.77. The number of unbranched alkanes of at least 4 members (excludes halogenated alkanes) is 1. The van der Waals surface area contributed by atoms with Crippen LogP contribution in [0.3, 0.4) is 0 Å². The minimum Gasteiger partial charge on any atom is -0.385 e. The molecule has 1 aromatic carbocycles. The van der Waals surface area contributed by atoms with Crippen LogP contribution in [0.4, 0.5) is 5.69 Å². The van der Waals surface area contributed by atoms with Gasteiger partial charge >= 0.3 is 0 Å². The molecule has 1 aromatic rings. The molecule has 0 spiro atoms. The number of hydrogen-bond acceptors (Lipinski definition) is 2. The summed E-state index contributed by atoms with van der Waals surface area (Å²) in [6.45, 7) is 7.82. The van der Waals surface area contributed by atoms with Gasteiger partial charge < -0.3 is 5.32 Å². The highest BCUT2D eigenvalue weighted by molar-refractivity contribution is 7.98. The van der Waals surface area contributed by atoms with Crippen LogP contribution < -0.4 is 5.32 Å². The van der Waals surface area contributed by atoms with Crippen LogP contribution in [0.25, 0.3) is 0 Å². The normalized spacial score (nSPS) is 11.5. The van der Waals surface area contributed by atoms with Crippen LogP contribution in [0, 0.1) is 0 Å². The highest BCUT2D eigenvalue weighted by Crippen LogP contribution is 2.23. The van der Waals surface area contributed by atoms with Gasteiger partial charge in [-0.25, -0.2) is 0 Å². The van der Waals surface area contributed by atoms with Crippen molar-refractivity contribution in [2.45, 2.75) is 39.0 Å². The van der Waals surface area contributed by atoms with Crippen molar-refractivity contribution in [3.05, 3.63) is 29.8 Å². The summed E-state index contributed by atoms with van der Waals surface area (Å²) < 4.78 is 0. The van der Waals surface area contributed by atoms with E-state index < -0.39 is 0 Å². The molecule has 1 N–H and O–H groups in total. The SMILES string of the molecule is CSCCCCNc1ccc(C(C)(C)C)cc1. The number of hydrogen-bond donors (Lipinski definition) is 1. The van der Waals surface area contributed by atoms with Crippen molar-refractivity contribution in [1.29, 1.82) is 0 Å². The van der Waals surface area contributed by atoms with Crippen LogP contribution in [0.1, 0.15) is 39.2 Å². The Labute approximate surface area is 110 Å². The third-order valence-corrected chi connectivity index (χ3v) is 3.55. The molecule has 0 saturated carbocycles. The third-order valence-electron chi connectivity index (χ3n) is 2.86. The van der Waals surface area contributed by atoms with E-state index in [1.807, 2.05) is 11.8 Å². The summed E-state index contributed by atoms with van der Waals surface area (Å²) in [5.41, 5.74) is 2.88. The van der Waals surface area contributed by atoms with E-state index in [1.54, 1.807) is 0 Å². The van der Waals surface area contributed by atoms with Gasteiger partial charge in [-0.3, -0.25) is 0 Å². The number of thioether (sulfide) groups is 1. The Morgan fingerprint density at radius 2 is 1.71 bits per heavy atom. The molecule has 0 unspecified atom stereocenters. The van der Waals surface area contributed by atoms with E-state index in [2.05, 4.69) is 56.6 Å². The fourth-order valence-electron chi connectivity index (χ4n) is 1.69. The molecule has 0 heterocycles. The van der Waals surface area contributed by atoms with Crippen molar-refractivity contribution in [3.63, 3.8) is 0 Å². The maximum Gasteiger partial charge on any atom is 0.0340 e. The van der Waals surface area contributed by atoms with E-state index in [1.165, 1.54) is 29.8 Å². The molecule has 1 nitrogen and oxygen atoms in total. The molecule has 0 saturated heterocycles. The molecular formula is C15H25NS. The summed E-state index contributed by atoms with van der Waals surface area (Å²) in [5.74, 6) is 1.27. The first kappa shape index (κ1) is 14.4. The van der Waals surface area contributed by atoms with E-state index in [0.717, 1.165) is 6.54 Å². The summed E-state index contributed by atoms with van der Waals surface area (Å²) in [6.07, 6.45) is 4.72. The molecule has 17 heavy (non-hydrogen) atoms. The van der Waals surface area contributed by atoms with Crippen molar-refractivity contribution < 1.29 is 0 Å². The van der Waals surface area contributed by atoms with Crippen LogP contribution in [0.2, 0.25) is 0 Å². The molecule has 0 atom stereocenters. The predicted molar refractivity (Wildman–Crippen MR) is 81.2 cm³/mol. The zero-order chi connectivity index (χ0) is 12.7. The zero-order valence-corrected chi connectivity index (χ0v) is 12.4. The van der Waals surface area contributed by atoms with Crippen molar-refractivity contribution in [1.82, 2.24) is 0 Å². The second kappa shape index (κ2) is 6.95. The maximum atomic E-state index is 3.47. The van der Waals surface area contributed by atoms with E-state index in [-0.39, 0.29) is 5.41 Å². The van der Waals surface area contributed by atoms with Crippen molar-refractivity contribution in [2.75, 3.05) is 23.9 Å². The molecular weight excluding hydrogens is 226 g/mol. The minimum absolute atomic E-state index is 0.247. The summed E-state index contributed by atoms with van der Waals surface area (Å²) in [5, 5.41) is 3.47. The molecule has 1 rings (SSSR count). The van der Waals surface area contributed by atoms with Crippen LogP contribution in [0.5, 0.6) is 0 Å². The van der Waals surface area contributed by atoms with Crippen LogP contribution in [0.15, 0.2) is 24.3 Å². The van der Waals surface area contributed by atoms with Gasteiger partial charge in [-0.2, -0.15) is 11.8 Å². The molecule has 0 aliphatic carbocycles. The van der Waals surface area contributed by atoms with Gasteiger partial charge in [0.2, 0.25) is 0 Å². The molecule has 0 aliphatic heterocycles. The van der Waals surface area contributed by atoms with Gasteiger partial charge in [0.1, 0.15) is 0 Å². The first-order valence-electron chi connectivity index (χ1n) is 6.37. The average Bonchev–Trinajstić information content (AvgIpc) is 2.28. The summed E-state index contributed by atoms with van der Waals surface area (Å²) in [6, 6.07) is 8.83. The molecule has 0 aromatic heterocycles. The van der Waals surface area contributed by atoms with Gasteiger partial charge in [0.15, 0.2) is 0 Å². The molecule has 0 fully saturated rings. The molecule has 0 radical (unpaired) electrons. The van der Waals surface area contributed by atoms with Crippen LogP contribution in [-0.2, 0) is 5.41 Å². The monoisotopic (exact) mass is 251 g/mol. The lowest BCUT2D eigenvalue weighted by Gasteiger charge is -2.19. The predicted octanol–water partition coefficient (Wildman–Crippen LogP) is 4.54. The summed E-state index contributed by atoms with van der Waals surface area (Å²) in [7, 11) is 0. The highest BCUT2D eigenvalue weighted by atomic mass is 32.2. The zero-order valence-electron chi connectivity index (χ0n) is 11.5. The number of anilines is 1. The van der Waals surface area contributed by atoms with Crippen molar-refractivity contribution in [3.8, 4) is 0 Å². The van der Waals surface area contributed by atoms with E-state index in [4.69, 9.17) is 0 Å². The quantitative estimate of drug-likeness (QED) is 0.745.